The predicted molar refractivity (Wildman–Crippen MR) is 237 cm³/mol. The smallest absolute Gasteiger partial charge is 0.262 e. The average molecular weight is 852 g/mol. The topological polar surface area (TPSA) is 175 Å². The zero-order chi connectivity index (χ0) is 43.0. The van der Waals surface area contributed by atoms with Crippen LogP contribution >= 0.6 is 0 Å². The number of nitrogens with two attached hydrogens (primary N) is 1. The van der Waals surface area contributed by atoms with Crippen LogP contribution in [-0.2, 0) is 9.59 Å². The number of carbonyl (C=O) groups is 4. The lowest BCUT2D eigenvalue weighted by molar-refractivity contribution is -0.136. The summed E-state index contributed by atoms with van der Waals surface area (Å²) in [5, 5.41) is 8.22. The fourth-order valence-corrected chi connectivity index (χ4v) is 10.1. The van der Waals surface area contributed by atoms with Gasteiger partial charge in [-0.25, -0.2) is 14.6 Å². The minimum absolute atomic E-state index is 0.101. The minimum Gasteiger partial charge on any atom is -0.457 e. The molecule has 3 aromatic carbocycles. The lowest BCUT2D eigenvalue weighted by atomic mass is 9.94. The molecule has 326 valence electrons. The maximum Gasteiger partial charge on any atom is 0.262 e. The van der Waals surface area contributed by atoms with Crippen LogP contribution in [0.25, 0.3) is 22.3 Å². The van der Waals surface area contributed by atoms with Gasteiger partial charge in [0.1, 0.15) is 35.4 Å². The van der Waals surface area contributed by atoms with Gasteiger partial charge in [0.2, 0.25) is 11.8 Å². The van der Waals surface area contributed by atoms with Crippen LogP contribution in [0, 0.1) is 5.92 Å². The number of benzene rings is 3. The minimum atomic E-state index is -0.963. The summed E-state index contributed by atoms with van der Waals surface area (Å²) in [5.74, 6) is 0.704. The van der Waals surface area contributed by atoms with Crippen molar-refractivity contribution in [3.8, 4) is 22.8 Å². The highest BCUT2D eigenvalue weighted by molar-refractivity contribution is 6.23. The number of imide groups is 2. The van der Waals surface area contributed by atoms with Crippen LogP contribution in [0.15, 0.2) is 79.1 Å². The zero-order valence-electron chi connectivity index (χ0n) is 35.4. The number of nitrogens with one attached hydrogen (secondary N) is 1. The second kappa shape index (κ2) is 17.5. The highest BCUT2D eigenvalue weighted by Crippen LogP contribution is 2.36. The molecule has 16 heteroatoms. The van der Waals surface area contributed by atoms with E-state index in [1.165, 1.54) is 19.2 Å². The summed E-state index contributed by atoms with van der Waals surface area (Å²) >= 11 is 0. The predicted octanol–water partition coefficient (Wildman–Crippen LogP) is 4.44. The Hall–Kier alpha value is -6.23. The maximum atomic E-state index is 13.4. The van der Waals surface area contributed by atoms with E-state index in [1.807, 2.05) is 60.7 Å². The number of aromatic nitrogens is 4. The van der Waals surface area contributed by atoms with Crippen molar-refractivity contribution in [1.82, 2.24) is 44.7 Å². The number of anilines is 2. The Morgan fingerprint density at radius 3 is 2.22 bits per heavy atom. The third-order valence-electron chi connectivity index (χ3n) is 13.6. The van der Waals surface area contributed by atoms with E-state index in [-0.39, 0.29) is 24.8 Å². The van der Waals surface area contributed by atoms with Gasteiger partial charge in [0, 0.05) is 70.0 Å². The summed E-state index contributed by atoms with van der Waals surface area (Å²) in [6.07, 6.45) is 6.31. The van der Waals surface area contributed by atoms with Crippen molar-refractivity contribution >= 4 is 46.2 Å². The highest BCUT2D eigenvalue weighted by Gasteiger charge is 2.45. The number of amides is 4. The molecule has 4 amide bonds. The number of likely N-dealkylation sites (tertiary alicyclic amines) is 2. The summed E-state index contributed by atoms with van der Waals surface area (Å²) < 4.78 is 8.13. The molecule has 2 unspecified atom stereocenters. The van der Waals surface area contributed by atoms with Gasteiger partial charge in [0.15, 0.2) is 5.65 Å². The van der Waals surface area contributed by atoms with E-state index in [4.69, 9.17) is 20.6 Å². The molecule has 10 rings (SSSR count). The SMILES string of the molecule is Nc1ncnc2c1c(-c1ccc(Oc3ccccc3)cc1)nn2C1CCCN(CC2CCN(CCN3CCN(c4ccc5c(c4)C(=O)N(C4CCC(=O)NC4=O)C5=O)CC3)CC2)C1. The van der Waals surface area contributed by atoms with Crippen LogP contribution in [-0.4, -0.2) is 141 Å². The number of para-hydroxylation sites is 1. The molecule has 3 N–H and O–H groups in total. The first-order chi connectivity index (χ1) is 30.8. The van der Waals surface area contributed by atoms with Crippen LogP contribution in [0.2, 0.25) is 0 Å². The third kappa shape index (κ3) is 8.37. The van der Waals surface area contributed by atoms with Crippen LogP contribution in [0.5, 0.6) is 11.5 Å². The van der Waals surface area contributed by atoms with E-state index < -0.39 is 23.8 Å². The highest BCUT2D eigenvalue weighted by atomic mass is 16.5. The summed E-state index contributed by atoms with van der Waals surface area (Å²) in [6, 6.07) is 22.3. The number of carbonyl (C=O) groups excluding carboxylic acids is 4. The van der Waals surface area contributed by atoms with E-state index in [0.29, 0.717) is 22.9 Å². The number of nitrogens with zero attached hydrogens (tertiary/aromatic N) is 9. The van der Waals surface area contributed by atoms with Crippen molar-refractivity contribution < 1.29 is 23.9 Å². The molecule has 0 radical (unpaired) electrons. The molecule has 63 heavy (non-hydrogen) atoms. The van der Waals surface area contributed by atoms with Crippen LogP contribution in [0.3, 0.4) is 0 Å². The lowest BCUT2D eigenvalue weighted by Crippen LogP contribution is -2.54. The summed E-state index contributed by atoms with van der Waals surface area (Å²) in [7, 11) is 0. The molecular weight excluding hydrogens is 799 g/mol. The number of piperazine rings is 1. The van der Waals surface area contributed by atoms with E-state index in [2.05, 4.69) is 34.6 Å². The van der Waals surface area contributed by atoms with Gasteiger partial charge < -0.3 is 25.2 Å². The zero-order valence-corrected chi connectivity index (χ0v) is 35.4. The van der Waals surface area contributed by atoms with E-state index in [1.54, 1.807) is 12.1 Å². The van der Waals surface area contributed by atoms with Gasteiger partial charge in [0.25, 0.3) is 11.8 Å². The number of hydrogen-bond acceptors (Lipinski definition) is 13. The van der Waals surface area contributed by atoms with Gasteiger partial charge in [-0.3, -0.25) is 34.3 Å². The number of nitrogen functional groups attached to an aromatic ring is 1. The normalized spacial score (nSPS) is 21.9. The first kappa shape index (κ1) is 40.8. The number of piperidine rings is 3. The molecule has 5 aromatic rings. The van der Waals surface area contributed by atoms with Gasteiger partial charge in [0.05, 0.1) is 22.6 Å². The van der Waals surface area contributed by atoms with Crippen molar-refractivity contribution in [2.24, 2.45) is 5.92 Å². The molecule has 16 nitrogen and oxygen atoms in total. The monoisotopic (exact) mass is 851 g/mol. The van der Waals surface area contributed by atoms with Gasteiger partial charge in [-0.2, -0.15) is 5.10 Å². The Balaban J connectivity index is 0.691. The van der Waals surface area contributed by atoms with Crippen molar-refractivity contribution in [1.29, 1.82) is 0 Å². The molecule has 2 aromatic heterocycles. The third-order valence-corrected chi connectivity index (χ3v) is 13.6. The Morgan fingerprint density at radius 2 is 1.46 bits per heavy atom. The second-order valence-corrected chi connectivity index (χ2v) is 17.5. The molecule has 0 spiro atoms. The Kier molecular flexibility index (Phi) is 11.3. The van der Waals surface area contributed by atoms with Gasteiger partial charge in [-0.05, 0) is 112 Å². The summed E-state index contributed by atoms with van der Waals surface area (Å²) in [4.78, 5) is 70.7. The van der Waals surface area contributed by atoms with E-state index >= 15 is 0 Å². The van der Waals surface area contributed by atoms with E-state index in [9.17, 15) is 19.2 Å². The van der Waals surface area contributed by atoms with Gasteiger partial charge in [-0.1, -0.05) is 18.2 Å². The van der Waals surface area contributed by atoms with E-state index in [0.717, 1.165) is 129 Å². The Morgan fingerprint density at radius 1 is 0.730 bits per heavy atom. The van der Waals surface area contributed by atoms with Crippen LogP contribution in [0.1, 0.15) is 65.3 Å². The number of fused-ring (bicyclic) bond motifs is 2. The quantitative estimate of drug-likeness (QED) is 0.179. The second-order valence-electron chi connectivity index (χ2n) is 17.5. The van der Waals surface area contributed by atoms with Crippen molar-refractivity contribution in [3.05, 3.63) is 90.3 Å². The molecule has 5 aliphatic heterocycles. The number of ether oxygens (including phenoxy) is 1. The lowest BCUT2D eigenvalue weighted by Gasteiger charge is -2.39. The number of rotatable bonds is 11. The number of hydrogen-bond donors (Lipinski definition) is 2. The molecule has 7 heterocycles. The first-order valence-electron chi connectivity index (χ1n) is 22.4. The maximum absolute atomic E-state index is 13.4. The van der Waals surface area contributed by atoms with Crippen molar-refractivity contribution in [2.45, 2.75) is 50.6 Å². The molecular formula is C47H53N11O5. The Bertz CT molecular complexity index is 2510. The van der Waals surface area contributed by atoms with Gasteiger partial charge >= 0.3 is 0 Å². The molecule has 2 atom stereocenters. The Labute approximate surface area is 366 Å². The molecule has 0 bridgehead atoms. The molecule has 4 fully saturated rings. The standard InChI is InChI=1S/C47H53N11O5/c48-43-41-42(32-8-11-36(12-9-32)63-35-6-2-1-3-7-35)52-58(44(41)50-30-49-43)34-5-4-18-55(29-34)28-31-16-19-53(20-17-31)21-22-54-23-25-56(26-24-54)33-10-13-37-38(27-33)47(62)57(46(37)61)39-14-15-40(59)51-45(39)60/h1-3,6-13,27,30-31,34,39H,4-5,14-26,28-29H2,(H2,48,49,50)(H,51,59,60). The average Bonchev–Trinajstić information content (AvgIpc) is 3.82. The summed E-state index contributed by atoms with van der Waals surface area (Å²) in [6.45, 7) is 10.9. The fourth-order valence-electron chi connectivity index (χ4n) is 10.1. The molecule has 0 aliphatic carbocycles. The van der Waals surface area contributed by atoms with Crippen LogP contribution < -0.4 is 20.7 Å². The largest absolute Gasteiger partial charge is 0.457 e. The molecule has 4 saturated heterocycles. The first-order valence-corrected chi connectivity index (χ1v) is 22.4. The molecule has 5 aliphatic rings. The summed E-state index contributed by atoms with van der Waals surface area (Å²) in [5.41, 5.74) is 10.5. The van der Waals surface area contributed by atoms with Gasteiger partial charge in [-0.15, -0.1) is 0 Å². The van der Waals surface area contributed by atoms with Crippen molar-refractivity contribution in [3.63, 3.8) is 0 Å². The van der Waals surface area contributed by atoms with Crippen LogP contribution in [0.4, 0.5) is 11.5 Å². The molecule has 0 saturated carbocycles. The fraction of sp³-hybridized carbons (Fsp3) is 0.426. The van der Waals surface area contributed by atoms with Crippen molar-refractivity contribution in [2.75, 3.05) is 82.6 Å².